The Hall–Kier alpha value is -0.710. The van der Waals surface area contributed by atoms with E-state index in [0.717, 1.165) is 23.6 Å². The van der Waals surface area contributed by atoms with Gasteiger partial charge in [-0.3, -0.25) is 8.89 Å². The number of aromatic nitrogens is 3. The summed E-state index contributed by atoms with van der Waals surface area (Å²) in [6.07, 6.45) is 0.853. The Balaban J connectivity index is 2.44. The molecule has 0 fully saturated rings. The Morgan fingerprint density at radius 1 is 1.64 bits per heavy atom. The molecule has 1 aliphatic rings. The van der Waals surface area contributed by atoms with Crippen LogP contribution in [0.5, 0.6) is 0 Å². The van der Waals surface area contributed by atoms with Crippen molar-refractivity contribution in [1.82, 2.24) is 15.0 Å². The molecule has 0 spiro atoms. The van der Waals surface area contributed by atoms with Crippen LogP contribution in [0.3, 0.4) is 0 Å². The second-order valence-electron chi connectivity index (χ2n) is 2.64. The molecular formula is C6H9N3OS. The number of aryl methyl sites for hydroxylation is 1. The van der Waals surface area contributed by atoms with Gasteiger partial charge in [0.1, 0.15) is 0 Å². The fraction of sp³-hybridized carbons (Fsp3) is 0.667. The molecule has 0 aliphatic carbocycles. The predicted octanol–water partition coefficient (Wildman–Crippen LogP) is -0.380. The summed E-state index contributed by atoms with van der Waals surface area (Å²) in [7, 11) is 1.17. The lowest BCUT2D eigenvalue weighted by molar-refractivity contribution is 0.669. The van der Waals surface area contributed by atoms with Crippen molar-refractivity contribution in [2.24, 2.45) is 7.05 Å². The zero-order chi connectivity index (χ0) is 7.84. The third-order valence-electron chi connectivity index (χ3n) is 1.89. The maximum absolute atomic E-state index is 11.1. The molecule has 60 valence electrons. The van der Waals surface area contributed by atoms with Crippen LogP contribution in [0.1, 0.15) is 11.4 Å². The van der Waals surface area contributed by atoms with Crippen LogP contribution in [0.25, 0.3) is 0 Å². The highest BCUT2D eigenvalue weighted by Crippen LogP contribution is 2.14. The molecule has 0 aromatic carbocycles. The Kier molecular flexibility index (Phi) is 1.52. The van der Waals surface area contributed by atoms with Crippen LogP contribution in [0, 0.1) is 0 Å². The molecule has 4 nitrogen and oxygen atoms in total. The van der Waals surface area contributed by atoms with Crippen molar-refractivity contribution in [2.45, 2.75) is 12.2 Å². The third-order valence-corrected chi connectivity index (χ3v) is 3.14. The first-order valence-corrected chi connectivity index (χ1v) is 4.98. The molecule has 1 aromatic heterocycles. The lowest BCUT2D eigenvalue weighted by Crippen LogP contribution is -2.14. The molecule has 0 N–H and O–H groups in total. The van der Waals surface area contributed by atoms with Gasteiger partial charge in [-0.2, -0.15) is 0 Å². The van der Waals surface area contributed by atoms with E-state index < -0.39 is 10.8 Å². The Bertz CT molecular complexity index is 307. The molecule has 1 atom stereocenters. The summed E-state index contributed by atoms with van der Waals surface area (Å²) in [6.45, 7) is 0. The summed E-state index contributed by atoms with van der Waals surface area (Å²) < 4.78 is 12.8. The quantitative estimate of drug-likeness (QED) is 0.534. The van der Waals surface area contributed by atoms with Crippen LogP contribution in [0.4, 0.5) is 0 Å². The molecule has 1 aromatic rings. The first kappa shape index (κ1) is 6.97. The minimum atomic E-state index is -0.704. The normalized spacial score (nSPS) is 23.2. The van der Waals surface area contributed by atoms with E-state index in [1.165, 1.54) is 0 Å². The lowest BCUT2D eigenvalue weighted by Gasteiger charge is -2.08. The van der Waals surface area contributed by atoms with Crippen molar-refractivity contribution in [2.75, 3.05) is 5.75 Å². The highest BCUT2D eigenvalue weighted by molar-refractivity contribution is 7.84. The van der Waals surface area contributed by atoms with Gasteiger partial charge in [-0.05, 0) is 0 Å². The Labute approximate surface area is 67.1 Å². The summed E-state index contributed by atoms with van der Waals surface area (Å²) in [5, 5.41) is 7.79. The van der Waals surface area contributed by atoms with E-state index in [2.05, 4.69) is 10.3 Å². The number of fused-ring (bicyclic) bond motifs is 1. The number of hydrogen-bond donors (Lipinski definition) is 0. The van der Waals surface area contributed by atoms with Crippen molar-refractivity contribution in [3.05, 3.63) is 11.4 Å². The van der Waals surface area contributed by atoms with Crippen molar-refractivity contribution < 1.29 is 4.21 Å². The molecule has 2 rings (SSSR count). The van der Waals surface area contributed by atoms with Crippen LogP contribution in [-0.4, -0.2) is 25.0 Å². The number of nitrogens with zero attached hydrogens (tertiary/aromatic N) is 3. The largest absolute Gasteiger partial charge is 0.259 e. The zero-order valence-corrected chi connectivity index (χ0v) is 7.10. The Morgan fingerprint density at radius 3 is 3.27 bits per heavy atom. The van der Waals surface area contributed by atoms with Gasteiger partial charge in [0.15, 0.2) is 0 Å². The molecule has 1 unspecified atom stereocenters. The minimum absolute atomic E-state index is 0.586. The van der Waals surface area contributed by atoms with Crippen LogP contribution >= 0.6 is 0 Å². The second kappa shape index (κ2) is 2.41. The third kappa shape index (κ3) is 1.09. The minimum Gasteiger partial charge on any atom is -0.259 e. The van der Waals surface area contributed by atoms with Crippen molar-refractivity contribution >= 4 is 10.8 Å². The molecule has 11 heavy (non-hydrogen) atoms. The first-order chi connectivity index (χ1) is 5.27. The van der Waals surface area contributed by atoms with E-state index in [4.69, 9.17) is 0 Å². The van der Waals surface area contributed by atoms with Crippen LogP contribution < -0.4 is 0 Å². The Morgan fingerprint density at radius 2 is 2.45 bits per heavy atom. The smallest absolute Gasteiger partial charge is 0.0983 e. The molecule has 2 heterocycles. The maximum atomic E-state index is 11.1. The summed E-state index contributed by atoms with van der Waals surface area (Å²) >= 11 is 0. The second-order valence-corrected chi connectivity index (χ2v) is 4.22. The number of hydrogen-bond acceptors (Lipinski definition) is 3. The van der Waals surface area contributed by atoms with E-state index in [1.807, 2.05) is 7.05 Å². The highest BCUT2D eigenvalue weighted by atomic mass is 32.2. The monoisotopic (exact) mass is 171 g/mol. The van der Waals surface area contributed by atoms with Crippen LogP contribution in [0.15, 0.2) is 0 Å². The predicted molar refractivity (Wildman–Crippen MR) is 41.4 cm³/mol. The van der Waals surface area contributed by atoms with Gasteiger partial charge in [-0.25, -0.2) is 0 Å². The van der Waals surface area contributed by atoms with Gasteiger partial charge in [0.25, 0.3) is 0 Å². The summed E-state index contributed by atoms with van der Waals surface area (Å²) in [5.74, 6) is 1.34. The molecule has 0 radical (unpaired) electrons. The van der Waals surface area contributed by atoms with Crippen molar-refractivity contribution in [1.29, 1.82) is 0 Å². The molecule has 0 saturated carbocycles. The van der Waals surface area contributed by atoms with Crippen molar-refractivity contribution in [3.63, 3.8) is 0 Å². The molecule has 5 heteroatoms. The highest BCUT2D eigenvalue weighted by Gasteiger charge is 2.18. The van der Waals surface area contributed by atoms with Crippen LogP contribution in [-0.2, 0) is 30.0 Å². The van der Waals surface area contributed by atoms with Gasteiger partial charge in [0.2, 0.25) is 0 Å². The SMILES string of the molecule is Cn1nnc2c1CCS(=O)C2. The van der Waals surface area contributed by atoms with Gasteiger partial charge in [-0.1, -0.05) is 5.21 Å². The fourth-order valence-corrected chi connectivity index (χ4v) is 2.37. The van der Waals surface area contributed by atoms with E-state index in [-0.39, 0.29) is 0 Å². The van der Waals surface area contributed by atoms with Gasteiger partial charge in [0.05, 0.1) is 17.1 Å². The summed E-state index contributed by atoms with van der Waals surface area (Å²) in [6, 6.07) is 0. The molecule has 0 amide bonds. The van der Waals surface area contributed by atoms with Crippen molar-refractivity contribution in [3.8, 4) is 0 Å². The first-order valence-electron chi connectivity index (χ1n) is 3.50. The average molecular weight is 171 g/mol. The topological polar surface area (TPSA) is 47.8 Å². The summed E-state index contributed by atoms with van der Waals surface area (Å²) in [4.78, 5) is 0. The average Bonchev–Trinajstić information content (AvgIpc) is 2.32. The van der Waals surface area contributed by atoms with Gasteiger partial charge >= 0.3 is 0 Å². The molecular weight excluding hydrogens is 162 g/mol. The molecule has 1 aliphatic heterocycles. The lowest BCUT2D eigenvalue weighted by atomic mass is 10.3. The van der Waals surface area contributed by atoms with Gasteiger partial charge in [0, 0.05) is 30.0 Å². The van der Waals surface area contributed by atoms with E-state index in [0.29, 0.717) is 5.75 Å². The van der Waals surface area contributed by atoms with E-state index in [1.54, 1.807) is 4.68 Å². The van der Waals surface area contributed by atoms with E-state index in [9.17, 15) is 4.21 Å². The number of rotatable bonds is 0. The fourth-order valence-electron chi connectivity index (χ4n) is 1.27. The van der Waals surface area contributed by atoms with E-state index >= 15 is 0 Å². The molecule has 0 saturated heterocycles. The maximum Gasteiger partial charge on any atom is 0.0983 e. The van der Waals surface area contributed by atoms with Crippen LogP contribution in [0.2, 0.25) is 0 Å². The van der Waals surface area contributed by atoms with Gasteiger partial charge < -0.3 is 0 Å². The van der Waals surface area contributed by atoms with Gasteiger partial charge in [-0.15, -0.1) is 5.10 Å². The molecule has 0 bridgehead atoms. The summed E-state index contributed by atoms with van der Waals surface area (Å²) in [5.41, 5.74) is 2.06. The zero-order valence-electron chi connectivity index (χ0n) is 6.28. The standard InChI is InChI=1S/C6H9N3OS/c1-9-6-2-3-11(10)4-5(6)7-8-9/h2-4H2,1H3.